The van der Waals surface area contributed by atoms with E-state index in [1.807, 2.05) is 48.5 Å². The van der Waals surface area contributed by atoms with Gasteiger partial charge in [-0.3, -0.25) is 4.98 Å². The summed E-state index contributed by atoms with van der Waals surface area (Å²) >= 11 is 0. The first-order valence-corrected chi connectivity index (χ1v) is 7.30. The summed E-state index contributed by atoms with van der Waals surface area (Å²) in [6.45, 7) is 0. The van der Waals surface area contributed by atoms with E-state index in [1.165, 1.54) is 0 Å². The molecule has 7 nitrogen and oxygen atoms in total. The summed E-state index contributed by atoms with van der Waals surface area (Å²) < 4.78 is 12.4. The van der Waals surface area contributed by atoms with Gasteiger partial charge in [-0.25, -0.2) is 4.68 Å². The third kappa shape index (κ3) is 2.52. The molecule has 24 heavy (non-hydrogen) atoms. The Labute approximate surface area is 137 Å². The molecule has 0 aliphatic carbocycles. The number of hydrogen-bond donors (Lipinski definition) is 0. The zero-order valence-electron chi connectivity index (χ0n) is 12.8. The molecule has 3 aromatic heterocycles. The number of benzene rings is 1. The Bertz CT molecular complexity index is 948. The molecule has 1 aromatic carbocycles. The lowest BCUT2D eigenvalue weighted by Gasteiger charge is -1.98. The van der Waals surface area contributed by atoms with Crippen molar-refractivity contribution in [2.45, 2.75) is 0 Å². The van der Waals surface area contributed by atoms with Crippen LogP contribution in [0.5, 0.6) is 5.75 Å². The number of para-hydroxylation sites is 1. The smallest absolute Gasteiger partial charge is 0.282 e. The molecule has 7 heteroatoms. The molecule has 0 bridgehead atoms. The predicted octanol–water partition coefficient (Wildman–Crippen LogP) is 2.99. The summed E-state index contributed by atoms with van der Waals surface area (Å²) in [5, 5.41) is 8.47. The minimum absolute atomic E-state index is 0.280. The minimum atomic E-state index is 0.280. The van der Waals surface area contributed by atoms with Gasteiger partial charge in [0.15, 0.2) is 11.4 Å². The van der Waals surface area contributed by atoms with Crippen molar-refractivity contribution in [1.82, 2.24) is 24.9 Å². The van der Waals surface area contributed by atoms with E-state index in [9.17, 15) is 0 Å². The number of pyridine rings is 1. The van der Waals surface area contributed by atoms with Crippen LogP contribution in [0.15, 0.2) is 65.4 Å². The topological polar surface area (TPSA) is 78.9 Å². The summed E-state index contributed by atoms with van der Waals surface area (Å²) in [4.78, 5) is 8.58. The molecule has 0 fully saturated rings. The molecule has 0 aliphatic rings. The molecule has 0 spiro atoms. The summed E-state index contributed by atoms with van der Waals surface area (Å²) in [5.74, 6) is 1.24. The maximum absolute atomic E-state index is 5.39. The van der Waals surface area contributed by atoms with E-state index in [0.29, 0.717) is 23.0 Å². The van der Waals surface area contributed by atoms with Crippen LogP contribution in [0.1, 0.15) is 0 Å². The fourth-order valence-corrected chi connectivity index (χ4v) is 2.29. The fraction of sp³-hybridized carbons (Fsp3) is 0.0588. The lowest BCUT2D eigenvalue weighted by molar-refractivity contribution is 0.405. The van der Waals surface area contributed by atoms with Gasteiger partial charge in [-0.1, -0.05) is 29.4 Å². The van der Waals surface area contributed by atoms with Crippen LogP contribution in [0.3, 0.4) is 0 Å². The Kier molecular flexibility index (Phi) is 3.51. The van der Waals surface area contributed by atoms with Crippen LogP contribution in [-0.2, 0) is 0 Å². The number of hydrogen-bond acceptors (Lipinski definition) is 6. The highest BCUT2D eigenvalue weighted by atomic mass is 16.5. The summed E-state index contributed by atoms with van der Waals surface area (Å²) in [6, 6.07) is 15.2. The van der Waals surface area contributed by atoms with Crippen molar-refractivity contribution >= 4 is 0 Å². The number of aromatic nitrogens is 5. The second kappa shape index (κ2) is 5.96. The highest BCUT2D eigenvalue weighted by molar-refractivity contribution is 5.60. The molecular formula is C17H13N5O2. The Balaban J connectivity index is 1.74. The van der Waals surface area contributed by atoms with Crippen molar-refractivity contribution in [3.05, 3.63) is 60.9 Å². The molecule has 4 rings (SSSR count). The molecule has 0 unspecified atom stereocenters. The third-order valence-corrected chi connectivity index (χ3v) is 3.44. The van der Waals surface area contributed by atoms with E-state index in [-0.39, 0.29) is 5.89 Å². The SMILES string of the molecule is COc1cn(-c2ccccc2)nc1-c1nc(-c2ccccn2)no1. The molecule has 0 radical (unpaired) electrons. The maximum atomic E-state index is 5.39. The second-order valence-electron chi connectivity index (χ2n) is 4.96. The van der Waals surface area contributed by atoms with Crippen molar-refractivity contribution in [1.29, 1.82) is 0 Å². The van der Waals surface area contributed by atoms with Gasteiger partial charge in [-0.15, -0.1) is 0 Å². The Hall–Kier alpha value is -3.48. The monoisotopic (exact) mass is 319 g/mol. The molecular weight excluding hydrogens is 306 g/mol. The molecule has 0 saturated carbocycles. The van der Waals surface area contributed by atoms with E-state index in [0.717, 1.165) is 5.69 Å². The number of methoxy groups -OCH3 is 1. The molecule has 118 valence electrons. The van der Waals surface area contributed by atoms with E-state index in [1.54, 1.807) is 24.2 Å². The predicted molar refractivity (Wildman–Crippen MR) is 86.6 cm³/mol. The first-order chi connectivity index (χ1) is 11.8. The van der Waals surface area contributed by atoms with Crippen LogP contribution < -0.4 is 4.74 Å². The minimum Gasteiger partial charge on any atom is -0.493 e. The van der Waals surface area contributed by atoms with Crippen molar-refractivity contribution in [3.8, 4) is 34.5 Å². The molecule has 0 atom stereocenters. The van der Waals surface area contributed by atoms with Gasteiger partial charge in [-0.2, -0.15) is 10.1 Å². The highest BCUT2D eigenvalue weighted by Gasteiger charge is 2.20. The number of rotatable bonds is 4. The highest BCUT2D eigenvalue weighted by Crippen LogP contribution is 2.29. The van der Waals surface area contributed by atoms with Crippen molar-refractivity contribution in [2.75, 3.05) is 7.11 Å². The van der Waals surface area contributed by atoms with E-state index in [2.05, 4.69) is 20.2 Å². The Morgan fingerprint density at radius 1 is 1.04 bits per heavy atom. The van der Waals surface area contributed by atoms with Gasteiger partial charge in [0.05, 0.1) is 19.0 Å². The summed E-state index contributed by atoms with van der Waals surface area (Å²) in [5.41, 5.74) is 2.02. The van der Waals surface area contributed by atoms with Gasteiger partial charge in [0.25, 0.3) is 5.89 Å². The quantitative estimate of drug-likeness (QED) is 0.575. The third-order valence-electron chi connectivity index (χ3n) is 3.44. The number of ether oxygens (including phenoxy) is 1. The summed E-state index contributed by atoms with van der Waals surface area (Å²) in [7, 11) is 1.58. The Morgan fingerprint density at radius 3 is 2.62 bits per heavy atom. The lowest BCUT2D eigenvalue weighted by Crippen LogP contribution is -1.94. The Morgan fingerprint density at radius 2 is 1.88 bits per heavy atom. The molecule has 4 aromatic rings. The van der Waals surface area contributed by atoms with Crippen LogP contribution in [0.25, 0.3) is 28.8 Å². The lowest BCUT2D eigenvalue weighted by atomic mass is 10.3. The average molecular weight is 319 g/mol. The van der Waals surface area contributed by atoms with Crippen LogP contribution in [0, 0.1) is 0 Å². The van der Waals surface area contributed by atoms with Gasteiger partial charge in [0, 0.05) is 6.20 Å². The van der Waals surface area contributed by atoms with Crippen LogP contribution in [0.2, 0.25) is 0 Å². The second-order valence-corrected chi connectivity index (χ2v) is 4.96. The number of nitrogens with zero attached hydrogens (tertiary/aromatic N) is 5. The van der Waals surface area contributed by atoms with Crippen molar-refractivity contribution < 1.29 is 9.26 Å². The molecule has 0 N–H and O–H groups in total. The van der Waals surface area contributed by atoms with Gasteiger partial charge >= 0.3 is 0 Å². The summed E-state index contributed by atoms with van der Waals surface area (Å²) in [6.07, 6.45) is 3.45. The van der Waals surface area contributed by atoms with Gasteiger partial charge in [0.2, 0.25) is 5.82 Å². The molecule has 0 saturated heterocycles. The van der Waals surface area contributed by atoms with Crippen LogP contribution in [0.4, 0.5) is 0 Å². The molecule has 3 heterocycles. The standard InChI is InChI=1S/C17H13N5O2/c1-23-14-11-22(12-7-3-2-4-8-12)20-15(14)17-19-16(21-24-17)13-9-5-6-10-18-13/h2-11H,1H3. The fourth-order valence-electron chi connectivity index (χ4n) is 2.29. The van der Waals surface area contributed by atoms with E-state index in [4.69, 9.17) is 9.26 Å². The van der Waals surface area contributed by atoms with Crippen molar-refractivity contribution in [3.63, 3.8) is 0 Å². The molecule has 0 aliphatic heterocycles. The first-order valence-electron chi connectivity index (χ1n) is 7.30. The van der Waals surface area contributed by atoms with Crippen LogP contribution in [-0.4, -0.2) is 32.0 Å². The normalized spacial score (nSPS) is 10.7. The van der Waals surface area contributed by atoms with Crippen LogP contribution >= 0.6 is 0 Å². The maximum Gasteiger partial charge on any atom is 0.282 e. The van der Waals surface area contributed by atoms with E-state index < -0.39 is 0 Å². The van der Waals surface area contributed by atoms with Gasteiger partial charge in [-0.05, 0) is 24.3 Å². The largest absolute Gasteiger partial charge is 0.493 e. The van der Waals surface area contributed by atoms with E-state index >= 15 is 0 Å². The average Bonchev–Trinajstić information content (AvgIpc) is 3.30. The zero-order valence-corrected chi connectivity index (χ0v) is 12.8. The first kappa shape index (κ1) is 14.1. The van der Waals surface area contributed by atoms with Crippen molar-refractivity contribution in [2.24, 2.45) is 0 Å². The zero-order chi connectivity index (χ0) is 16.4. The molecule has 0 amide bonds. The van der Waals surface area contributed by atoms with Gasteiger partial charge in [0.1, 0.15) is 5.69 Å². The van der Waals surface area contributed by atoms with Gasteiger partial charge < -0.3 is 9.26 Å².